The second-order valence-corrected chi connectivity index (χ2v) is 5.13. The Morgan fingerprint density at radius 3 is 2.10 bits per heavy atom. The highest BCUT2D eigenvalue weighted by Crippen LogP contribution is 2.21. The summed E-state index contributed by atoms with van der Waals surface area (Å²) in [5.74, 6) is 0.111. The molecule has 2 atom stereocenters. The topological polar surface area (TPSA) is 40.6 Å². The van der Waals surface area contributed by atoms with Crippen LogP contribution in [0.25, 0.3) is 0 Å². The number of carbonyl (C=O) groups is 2. The molecule has 108 valence electrons. The second-order valence-electron chi connectivity index (χ2n) is 5.13. The van der Waals surface area contributed by atoms with Gasteiger partial charge in [-0.15, -0.1) is 0 Å². The molecule has 1 aliphatic heterocycles. The molecule has 2 unspecified atom stereocenters. The van der Waals surface area contributed by atoms with Gasteiger partial charge in [0.05, 0.1) is 0 Å². The Morgan fingerprint density at radius 1 is 0.950 bits per heavy atom. The van der Waals surface area contributed by atoms with Crippen LogP contribution in [0.4, 0.5) is 0 Å². The van der Waals surface area contributed by atoms with Crippen LogP contribution in [0.15, 0.2) is 30.3 Å². The van der Waals surface area contributed by atoms with Crippen molar-refractivity contribution in [2.45, 2.75) is 39.3 Å². The number of hydrogen-bond acceptors (Lipinski definition) is 2. The van der Waals surface area contributed by atoms with Crippen molar-refractivity contribution in [1.29, 1.82) is 0 Å². The number of carbonyl (C=O) groups excluding carboxylic acids is 2. The van der Waals surface area contributed by atoms with Gasteiger partial charge in [0.1, 0.15) is 12.1 Å². The number of amides is 2. The molecule has 1 aromatic rings. The number of benzene rings is 1. The average molecular weight is 274 g/mol. The zero-order chi connectivity index (χ0) is 14.7. The van der Waals surface area contributed by atoms with Gasteiger partial charge in [-0.05, 0) is 26.3 Å². The van der Waals surface area contributed by atoms with Crippen molar-refractivity contribution in [2.75, 3.05) is 13.1 Å². The van der Waals surface area contributed by atoms with Crippen LogP contribution in [0.5, 0.6) is 0 Å². The van der Waals surface area contributed by atoms with Gasteiger partial charge in [-0.25, -0.2) is 0 Å². The van der Waals surface area contributed by atoms with E-state index in [1.54, 1.807) is 9.80 Å². The lowest BCUT2D eigenvalue weighted by molar-refractivity contribution is -0.160. The molecule has 0 aliphatic carbocycles. The Labute approximate surface area is 120 Å². The number of hydrogen-bond donors (Lipinski definition) is 0. The van der Waals surface area contributed by atoms with Crippen LogP contribution in [-0.2, 0) is 16.0 Å². The highest BCUT2D eigenvalue weighted by molar-refractivity contribution is 5.96. The third-order valence-electron chi connectivity index (χ3n) is 4.01. The predicted octanol–water partition coefficient (Wildman–Crippen LogP) is 1.70. The standard InChI is InChI=1S/C16H22N2O2/c1-4-17-12(3)15(19)18(5-2)14(16(17)20)11-13-9-7-6-8-10-13/h6-10,12,14H,4-5,11H2,1-3H3. The molecule has 0 N–H and O–H groups in total. The quantitative estimate of drug-likeness (QED) is 0.838. The molecule has 4 nitrogen and oxygen atoms in total. The smallest absolute Gasteiger partial charge is 0.246 e. The molecule has 0 saturated carbocycles. The molecule has 1 aromatic carbocycles. The number of likely N-dealkylation sites (N-methyl/N-ethyl adjacent to an activating group) is 2. The molecule has 20 heavy (non-hydrogen) atoms. The summed E-state index contributed by atoms with van der Waals surface area (Å²) < 4.78 is 0. The van der Waals surface area contributed by atoms with Gasteiger partial charge in [-0.2, -0.15) is 0 Å². The average Bonchev–Trinajstić information content (AvgIpc) is 2.47. The Bertz CT molecular complexity index is 487. The van der Waals surface area contributed by atoms with Crippen molar-refractivity contribution in [3.05, 3.63) is 35.9 Å². The molecule has 1 fully saturated rings. The summed E-state index contributed by atoms with van der Waals surface area (Å²) in [6, 6.07) is 9.16. The van der Waals surface area contributed by atoms with Gasteiger partial charge in [0.15, 0.2) is 0 Å². The summed E-state index contributed by atoms with van der Waals surface area (Å²) in [6.45, 7) is 6.81. The molecule has 1 saturated heterocycles. The lowest BCUT2D eigenvalue weighted by Crippen LogP contribution is -2.64. The Kier molecular flexibility index (Phi) is 4.42. The summed E-state index contributed by atoms with van der Waals surface area (Å²) in [6.07, 6.45) is 0.586. The lowest BCUT2D eigenvalue weighted by Gasteiger charge is -2.43. The van der Waals surface area contributed by atoms with E-state index in [9.17, 15) is 9.59 Å². The number of nitrogens with zero attached hydrogens (tertiary/aromatic N) is 2. The molecule has 0 radical (unpaired) electrons. The zero-order valence-electron chi connectivity index (χ0n) is 12.4. The molecular formula is C16H22N2O2. The van der Waals surface area contributed by atoms with E-state index in [1.807, 2.05) is 51.1 Å². The van der Waals surface area contributed by atoms with Crippen molar-refractivity contribution in [3.63, 3.8) is 0 Å². The summed E-state index contributed by atoms with van der Waals surface area (Å²) in [4.78, 5) is 28.4. The fourth-order valence-corrected chi connectivity index (χ4v) is 2.88. The number of rotatable bonds is 4. The van der Waals surface area contributed by atoms with E-state index in [0.29, 0.717) is 19.5 Å². The first-order chi connectivity index (χ1) is 9.60. The van der Waals surface area contributed by atoms with Gasteiger partial charge in [-0.1, -0.05) is 30.3 Å². The first kappa shape index (κ1) is 14.6. The van der Waals surface area contributed by atoms with E-state index in [2.05, 4.69) is 0 Å². The van der Waals surface area contributed by atoms with Crippen molar-refractivity contribution < 1.29 is 9.59 Å². The van der Waals surface area contributed by atoms with Crippen LogP contribution in [0.1, 0.15) is 26.3 Å². The predicted molar refractivity (Wildman–Crippen MR) is 78.2 cm³/mol. The molecule has 0 spiro atoms. The highest BCUT2D eigenvalue weighted by atomic mass is 16.2. The maximum Gasteiger partial charge on any atom is 0.246 e. The van der Waals surface area contributed by atoms with E-state index in [1.165, 1.54) is 0 Å². The Morgan fingerprint density at radius 2 is 1.55 bits per heavy atom. The van der Waals surface area contributed by atoms with Gasteiger partial charge in [-0.3, -0.25) is 9.59 Å². The zero-order valence-corrected chi connectivity index (χ0v) is 12.4. The van der Waals surface area contributed by atoms with Gasteiger partial charge >= 0.3 is 0 Å². The fraction of sp³-hybridized carbons (Fsp3) is 0.500. The monoisotopic (exact) mass is 274 g/mol. The molecule has 4 heteroatoms. The molecule has 1 heterocycles. The van der Waals surface area contributed by atoms with E-state index in [4.69, 9.17) is 0 Å². The van der Waals surface area contributed by atoms with Crippen molar-refractivity contribution >= 4 is 11.8 Å². The largest absolute Gasteiger partial charge is 0.329 e. The normalized spacial score (nSPS) is 23.4. The minimum absolute atomic E-state index is 0.0508. The Hall–Kier alpha value is -1.84. The minimum atomic E-state index is -0.369. The molecule has 2 amide bonds. The number of piperazine rings is 1. The molecule has 1 aliphatic rings. The fourth-order valence-electron chi connectivity index (χ4n) is 2.88. The molecule has 0 bridgehead atoms. The Balaban J connectivity index is 2.27. The summed E-state index contributed by atoms with van der Waals surface area (Å²) in [7, 11) is 0. The van der Waals surface area contributed by atoms with Gasteiger partial charge in [0, 0.05) is 19.5 Å². The summed E-state index contributed by atoms with van der Waals surface area (Å²) in [5.41, 5.74) is 1.09. The minimum Gasteiger partial charge on any atom is -0.329 e. The van der Waals surface area contributed by atoms with Crippen LogP contribution < -0.4 is 0 Å². The third-order valence-corrected chi connectivity index (χ3v) is 4.01. The van der Waals surface area contributed by atoms with Crippen LogP contribution in [0.3, 0.4) is 0 Å². The van der Waals surface area contributed by atoms with E-state index < -0.39 is 0 Å². The first-order valence-electron chi connectivity index (χ1n) is 7.25. The maximum atomic E-state index is 12.6. The summed E-state index contributed by atoms with van der Waals surface area (Å²) >= 11 is 0. The van der Waals surface area contributed by atoms with Crippen LogP contribution in [0, 0.1) is 0 Å². The van der Waals surface area contributed by atoms with Gasteiger partial charge < -0.3 is 9.80 Å². The second kappa shape index (κ2) is 6.07. The van der Waals surface area contributed by atoms with Crippen molar-refractivity contribution in [2.24, 2.45) is 0 Å². The van der Waals surface area contributed by atoms with Crippen molar-refractivity contribution in [3.8, 4) is 0 Å². The SMILES string of the molecule is CCN1C(=O)C(Cc2ccccc2)N(CC)C(=O)C1C. The van der Waals surface area contributed by atoms with Crippen LogP contribution in [0.2, 0.25) is 0 Å². The summed E-state index contributed by atoms with van der Waals surface area (Å²) in [5, 5.41) is 0. The maximum absolute atomic E-state index is 12.6. The first-order valence-corrected chi connectivity index (χ1v) is 7.25. The van der Waals surface area contributed by atoms with Crippen LogP contribution in [-0.4, -0.2) is 46.8 Å². The van der Waals surface area contributed by atoms with Gasteiger partial charge in [0.2, 0.25) is 11.8 Å². The molecule has 2 rings (SSSR count). The van der Waals surface area contributed by atoms with Crippen LogP contribution >= 0.6 is 0 Å². The lowest BCUT2D eigenvalue weighted by atomic mass is 9.98. The van der Waals surface area contributed by atoms with E-state index in [-0.39, 0.29) is 23.9 Å². The van der Waals surface area contributed by atoms with E-state index >= 15 is 0 Å². The molecule has 0 aromatic heterocycles. The van der Waals surface area contributed by atoms with E-state index in [0.717, 1.165) is 5.56 Å². The van der Waals surface area contributed by atoms with Crippen molar-refractivity contribution in [1.82, 2.24) is 9.80 Å². The van der Waals surface area contributed by atoms with Gasteiger partial charge in [0.25, 0.3) is 0 Å². The third kappa shape index (κ3) is 2.55. The highest BCUT2D eigenvalue weighted by Gasteiger charge is 2.42. The molecular weight excluding hydrogens is 252 g/mol.